The molecule has 0 atom stereocenters. The maximum Gasteiger partial charge on any atom is 0.338 e. The second-order valence-corrected chi connectivity index (χ2v) is 4.93. The van der Waals surface area contributed by atoms with E-state index in [1.807, 2.05) is 37.3 Å². The third-order valence-corrected chi connectivity index (χ3v) is 3.28. The van der Waals surface area contributed by atoms with Crippen LogP contribution in [0.4, 0.5) is 4.79 Å². The molecule has 0 saturated heterocycles. The number of primary amides is 1. The number of nitrogens with two attached hydrogens (primary N) is 1. The van der Waals surface area contributed by atoms with Crippen molar-refractivity contribution in [3.05, 3.63) is 35.4 Å². The smallest absolute Gasteiger partial charge is 0.338 e. The van der Waals surface area contributed by atoms with Crippen LogP contribution in [-0.2, 0) is 0 Å². The lowest BCUT2D eigenvalue weighted by Crippen LogP contribution is -2.33. The molecule has 0 saturated carbocycles. The van der Waals surface area contributed by atoms with E-state index in [0.717, 1.165) is 16.0 Å². The van der Waals surface area contributed by atoms with Gasteiger partial charge < -0.3 is 5.73 Å². The number of hydroxylamine groups is 2. The molecule has 0 bridgehead atoms. The second kappa shape index (κ2) is 7.52. The van der Waals surface area contributed by atoms with Gasteiger partial charge in [-0.05, 0) is 18.6 Å². The standard InChI is InChI=1S/C14H16N2O2S/c1-3-8-19-13-7-5-4-6-12(13)9-11(2)10-16(18)14(15)17/h1,4-7,9,18H,8,10H2,2H3,(H2,15,17). The molecule has 0 aliphatic heterocycles. The van der Waals surface area contributed by atoms with E-state index in [4.69, 9.17) is 12.2 Å². The van der Waals surface area contributed by atoms with E-state index in [9.17, 15) is 10.0 Å². The van der Waals surface area contributed by atoms with E-state index in [2.05, 4.69) is 5.92 Å². The molecule has 0 spiro atoms. The molecule has 0 heterocycles. The minimum Gasteiger partial charge on any atom is -0.350 e. The topological polar surface area (TPSA) is 66.6 Å². The molecule has 1 rings (SSSR count). The first-order valence-corrected chi connectivity index (χ1v) is 6.61. The highest BCUT2D eigenvalue weighted by Crippen LogP contribution is 2.24. The van der Waals surface area contributed by atoms with Crippen LogP contribution in [0.5, 0.6) is 0 Å². The van der Waals surface area contributed by atoms with Gasteiger partial charge in [-0.25, -0.2) is 9.86 Å². The summed E-state index contributed by atoms with van der Waals surface area (Å²) in [7, 11) is 0. The predicted octanol–water partition coefficient (Wildman–Crippen LogP) is 2.59. The van der Waals surface area contributed by atoms with Crippen molar-refractivity contribution in [1.82, 2.24) is 5.06 Å². The van der Waals surface area contributed by atoms with Gasteiger partial charge in [0.15, 0.2) is 0 Å². The first kappa shape index (κ1) is 15.2. The Morgan fingerprint density at radius 1 is 1.58 bits per heavy atom. The number of hydrogen-bond donors (Lipinski definition) is 2. The highest BCUT2D eigenvalue weighted by atomic mass is 32.2. The van der Waals surface area contributed by atoms with Crippen LogP contribution in [-0.4, -0.2) is 28.6 Å². The predicted molar refractivity (Wildman–Crippen MR) is 77.7 cm³/mol. The van der Waals surface area contributed by atoms with Crippen LogP contribution in [0.2, 0.25) is 0 Å². The Hall–Kier alpha value is -1.90. The average Bonchev–Trinajstić information content (AvgIpc) is 2.37. The molecule has 4 nitrogen and oxygen atoms in total. The summed E-state index contributed by atoms with van der Waals surface area (Å²) in [6.45, 7) is 1.89. The minimum atomic E-state index is -0.872. The monoisotopic (exact) mass is 276 g/mol. The van der Waals surface area contributed by atoms with Crippen molar-refractivity contribution in [3.8, 4) is 12.3 Å². The number of carbonyl (C=O) groups excluding carboxylic acids is 1. The van der Waals surface area contributed by atoms with Crippen LogP contribution in [0.1, 0.15) is 12.5 Å². The fraction of sp³-hybridized carbons (Fsp3) is 0.214. The largest absolute Gasteiger partial charge is 0.350 e. The molecule has 100 valence electrons. The highest BCUT2D eigenvalue weighted by Gasteiger charge is 2.06. The molecule has 19 heavy (non-hydrogen) atoms. The summed E-state index contributed by atoms with van der Waals surface area (Å²) >= 11 is 1.57. The zero-order chi connectivity index (χ0) is 14.3. The van der Waals surface area contributed by atoms with Gasteiger partial charge in [-0.2, -0.15) is 0 Å². The van der Waals surface area contributed by atoms with Crippen molar-refractivity contribution in [2.45, 2.75) is 11.8 Å². The fourth-order valence-corrected chi connectivity index (χ4v) is 2.18. The lowest BCUT2D eigenvalue weighted by molar-refractivity contribution is -0.0307. The third-order valence-electron chi connectivity index (χ3n) is 2.29. The Balaban J connectivity index is 2.85. The summed E-state index contributed by atoms with van der Waals surface area (Å²) in [5, 5.41) is 9.75. The number of rotatable bonds is 5. The van der Waals surface area contributed by atoms with Crippen molar-refractivity contribution in [2.75, 3.05) is 12.3 Å². The number of terminal acetylenes is 1. The summed E-state index contributed by atoms with van der Waals surface area (Å²) < 4.78 is 0. The van der Waals surface area contributed by atoms with Gasteiger partial charge in [0.1, 0.15) is 0 Å². The normalized spacial score (nSPS) is 10.9. The van der Waals surface area contributed by atoms with Crippen molar-refractivity contribution in [3.63, 3.8) is 0 Å². The van der Waals surface area contributed by atoms with Gasteiger partial charge in [-0.15, -0.1) is 18.2 Å². The Morgan fingerprint density at radius 2 is 2.26 bits per heavy atom. The number of hydrogen-bond acceptors (Lipinski definition) is 3. The van der Waals surface area contributed by atoms with Gasteiger partial charge in [-0.3, -0.25) is 5.21 Å². The Labute approximate surface area is 117 Å². The number of amides is 2. The van der Waals surface area contributed by atoms with Gasteiger partial charge in [0.05, 0.1) is 12.3 Å². The third kappa shape index (κ3) is 5.08. The molecule has 5 heteroatoms. The SMILES string of the molecule is C#CCSc1ccccc1C=C(C)CN(O)C(N)=O. The summed E-state index contributed by atoms with van der Waals surface area (Å²) in [5.41, 5.74) is 6.77. The molecule has 1 aromatic rings. The van der Waals surface area contributed by atoms with Crippen LogP contribution in [0.15, 0.2) is 34.7 Å². The molecule has 1 aromatic carbocycles. The highest BCUT2D eigenvalue weighted by molar-refractivity contribution is 7.99. The fourth-order valence-electron chi connectivity index (χ4n) is 1.48. The van der Waals surface area contributed by atoms with Gasteiger partial charge in [0, 0.05) is 4.90 Å². The van der Waals surface area contributed by atoms with Crippen LogP contribution in [0.3, 0.4) is 0 Å². The molecule has 0 aliphatic carbocycles. The van der Waals surface area contributed by atoms with Crippen molar-refractivity contribution >= 4 is 23.9 Å². The lowest BCUT2D eigenvalue weighted by atomic mass is 10.1. The molecular formula is C14H16N2O2S. The van der Waals surface area contributed by atoms with Crippen molar-refractivity contribution in [1.29, 1.82) is 0 Å². The minimum absolute atomic E-state index is 0.0729. The van der Waals surface area contributed by atoms with E-state index in [-0.39, 0.29) is 6.54 Å². The second-order valence-electron chi connectivity index (χ2n) is 3.92. The van der Waals surface area contributed by atoms with Crippen molar-refractivity contribution in [2.24, 2.45) is 5.73 Å². The number of urea groups is 1. The number of nitrogens with zero attached hydrogens (tertiary/aromatic N) is 1. The van der Waals surface area contributed by atoms with E-state index >= 15 is 0 Å². The van der Waals surface area contributed by atoms with E-state index in [1.54, 1.807) is 11.8 Å². The molecule has 0 aliphatic rings. The lowest BCUT2D eigenvalue weighted by Gasteiger charge is -2.12. The van der Waals surface area contributed by atoms with E-state index in [0.29, 0.717) is 10.8 Å². The number of thioether (sulfide) groups is 1. The first-order chi connectivity index (χ1) is 9.04. The summed E-state index contributed by atoms with van der Waals surface area (Å²) in [6, 6.07) is 6.92. The zero-order valence-corrected chi connectivity index (χ0v) is 11.5. The van der Waals surface area contributed by atoms with Gasteiger partial charge in [0.25, 0.3) is 0 Å². The molecule has 0 radical (unpaired) electrons. The van der Waals surface area contributed by atoms with Gasteiger partial charge in [0.2, 0.25) is 0 Å². The summed E-state index contributed by atoms with van der Waals surface area (Å²) in [6.07, 6.45) is 7.14. The zero-order valence-electron chi connectivity index (χ0n) is 10.7. The molecule has 3 N–H and O–H groups in total. The molecule has 0 aromatic heterocycles. The Kier molecular flexibility index (Phi) is 6.00. The molecule has 0 unspecified atom stereocenters. The first-order valence-electron chi connectivity index (χ1n) is 5.63. The Bertz CT molecular complexity index is 520. The van der Waals surface area contributed by atoms with Gasteiger partial charge in [-0.1, -0.05) is 35.8 Å². The van der Waals surface area contributed by atoms with Crippen LogP contribution in [0.25, 0.3) is 6.08 Å². The van der Waals surface area contributed by atoms with Crippen LogP contribution < -0.4 is 5.73 Å². The maximum atomic E-state index is 10.7. The average molecular weight is 276 g/mol. The number of benzene rings is 1. The molecule has 2 amide bonds. The maximum absolute atomic E-state index is 10.7. The summed E-state index contributed by atoms with van der Waals surface area (Å²) in [5.74, 6) is 3.17. The summed E-state index contributed by atoms with van der Waals surface area (Å²) in [4.78, 5) is 11.8. The Morgan fingerprint density at radius 3 is 2.89 bits per heavy atom. The number of carbonyl (C=O) groups is 1. The van der Waals surface area contributed by atoms with Gasteiger partial charge >= 0.3 is 6.03 Å². The molecule has 0 fully saturated rings. The van der Waals surface area contributed by atoms with Crippen LogP contribution in [0, 0.1) is 12.3 Å². The van der Waals surface area contributed by atoms with E-state index < -0.39 is 6.03 Å². The van der Waals surface area contributed by atoms with Crippen molar-refractivity contribution < 1.29 is 10.0 Å². The molecular weight excluding hydrogens is 260 g/mol. The quantitative estimate of drug-likeness (QED) is 0.376. The van der Waals surface area contributed by atoms with Crippen LogP contribution >= 0.6 is 11.8 Å². The van der Waals surface area contributed by atoms with E-state index in [1.165, 1.54) is 0 Å².